The molecule has 1 amide bonds. The van der Waals surface area contributed by atoms with Gasteiger partial charge in [-0.2, -0.15) is 0 Å². The van der Waals surface area contributed by atoms with Crippen LogP contribution in [0.1, 0.15) is 32.3 Å². The van der Waals surface area contributed by atoms with E-state index in [4.69, 9.17) is 4.74 Å². The van der Waals surface area contributed by atoms with Crippen LogP contribution in [-0.2, 0) is 11.3 Å². The quantitative estimate of drug-likeness (QED) is 0.799. The van der Waals surface area contributed by atoms with Crippen molar-refractivity contribution < 1.29 is 9.53 Å². The molecule has 88 valence electrons. The van der Waals surface area contributed by atoms with Crippen molar-refractivity contribution in [1.82, 2.24) is 10.3 Å². The molecule has 1 heterocycles. The summed E-state index contributed by atoms with van der Waals surface area (Å²) in [5.74, 6) is 0.663. The van der Waals surface area contributed by atoms with Gasteiger partial charge in [0.1, 0.15) is 0 Å². The van der Waals surface area contributed by atoms with Crippen LogP contribution in [0.15, 0.2) is 18.3 Å². The monoisotopic (exact) mass is 222 g/mol. The van der Waals surface area contributed by atoms with E-state index in [-0.39, 0.29) is 5.91 Å². The average Bonchev–Trinajstić information content (AvgIpc) is 2.29. The number of carbonyl (C=O) groups excluding carboxylic acids is 1. The molecule has 0 atom stereocenters. The van der Waals surface area contributed by atoms with Gasteiger partial charge in [0, 0.05) is 24.7 Å². The molecule has 0 aliphatic carbocycles. The fourth-order valence-corrected chi connectivity index (χ4v) is 1.33. The number of amides is 1. The molecule has 0 radical (unpaired) electrons. The molecule has 4 heteroatoms. The van der Waals surface area contributed by atoms with E-state index in [0.29, 0.717) is 25.5 Å². The first-order valence-electron chi connectivity index (χ1n) is 5.61. The highest BCUT2D eigenvalue weighted by Crippen LogP contribution is 2.13. The largest absolute Gasteiger partial charge is 0.478 e. The predicted octanol–water partition coefficient (Wildman–Crippen LogP) is 1.90. The van der Waals surface area contributed by atoms with Crippen molar-refractivity contribution in [3.05, 3.63) is 23.9 Å². The Morgan fingerprint density at radius 3 is 3.00 bits per heavy atom. The number of hydrogen-bond acceptors (Lipinski definition) is 3. The highest BCUT2D eigenvalue weighted by molar-refractivity contribution is 5.75. The lowest BCUT2D eigenvalue weighted by Crippen LogP contribution is -2.22. The van der Waals surface area contributed by atoms with Crippen molar-refractivity contribution in [1.29, 1.82) is 0 Å². The Kier molecular flexibility index (Phi) is 5.32. The van der Waals surface area contributed by atoms with Gasteiger partial charge in [0.2, 0.25) is 11.8 Å². The van der Waals surface area contributed by atoms with Gasteiger partial charge in [-0.3, -0.25) is 4.79 Å². The highest BCUT2D eigenvalue weighted by atomic mass is 16.5. The van der Waals surface area contributed by atoms with Gasteiger partial charge in [-0.25, -0.2) is 4.98 Å². The maximum absolute atomic E-state index is 11.3. The number of carbonyl (C=O) groups is 1. The second kappa shape index (κ2) is 6.82. The Hall–Kier alpha value is -1.58. The van der Waals surface area contributed by atoms with Crippen LogP contribution in [0.3, 0.4) is 0 Å². The van der Waals surface area contributed by atoms with Crippen LogP contribution in [0.4, 0.5) is 0 Å². The molecule has 0 spiro atoms. The SMILES string of the molecule is CCCC(=O)NCc1cccnc1OCC. The summed E-state index contributed by atoms with van der Waals surface area (Å²) in [5.41, 5.74) is 0.911. The Balaban J connectivity index is 2.55. The summed E-state index contributed by atoms with van der Waals surface area (Å²) in [6, 6.07) is 3.74. The summed E-state index contributed by atoms with van der Waals surface area (Å²) in [6.07, 6.45) is 3.10. The minimum absolute atomic E-state index is 0.0637. The maximum atomic E-state index is 11.3. The number of nitrogens with zero attached hydrogens (tertiary/aromatic N) is 1. The second-order valence-electron chi connectivity index (χ2n) is 3.43. The van der Waals surface area contributed by atoms with E-state index in [1.54, 1.807) is 6.20 Å². The number of ether oxygens (including phenoxy) is 1. The summed E-state index contributed by atoms with van der Waals surface area (Å²) in [6.45, 7) is 4.94. The fraction of sp³-hybridized carbons (Fsp3) is 0.500. The minimum atomic E-state index is 0.0637. The summed E-state index contributed by atoms with van der Waals surface area (Å²) in [5, 5.41) is 2.84. The van der Waals surface area contributed by atoms with E-state index in [1.165, 1.54) is 0 Å². The van der Waals surface area contributed by atoms with Crippen LogP contribution in [0.2, 0.25) is 0 Å². The van der Waals surface area contributed by atoms with Crippen LogP contribution >= 0.6 is 0 Å². The summed E-state index contributed by atoms with van der Waals surface area (Å²) >= 11 is 0. The van der Waals surface area contributed by atoms with E-state index in [1.807, 2.05) is 26.0 Å². The topological polar surface area (TPSA) is 51.2 Å². The number of aromatic nitrogens is 1. The normalized spacial score (nSPS) is 9.88. The summed E-state index contributed by atoms with van der Waals surface area (Å²) < 4.78 is 5.37. The van der Waals surface area contributed by atoms with E-state index >= 15 is 0 Å². The lowest BCUT2D eigenvalue weighted by Gasteiger charge is -2.09. The Morgan fingerprint density at radius 1 is 1.50 bits per heavy atom. The third kappa shape index (κ3) is 3.88. The molecule has 0 saturated carbocycles. The molecule has 16 heavy (non-hydrogen) atoms. The van der Waals surface area contributed by atoms with Crippen LogP contribution < -0.4 is 10.1 Å². The van der Waals surface area contributed by atoms with Crippen molar-refractivity contribution in [3.8, 4) is 5.88 Å². The zero-order valence-electron chi connectivity index (χ0n) is 9.82. The third-order valence-electron chi connectivity index (χ3n) is 2.08. The van der Waals surface area contributed by atoms with Gasteiger partial charge in [-0.05, 0) is 19.4 Å². The number of hydrogen-bond donors (Lipinski definition) is 1. The van der Waals surface area contributed by atoms with E-state index in [0.717, 1.165) is 12.0 Å². The van der Waals surface area contributed by atoms with E-state index in [2.05, 4.69) is 10.3 Å². The molecule has 0 aromatic carbocycles. The molecule has 0 bridgehead atoms. The standard InChI is InChI=1S/C12H18N2O2/c1-3-6-11(15)14-9-10-7-5-8-13-12(10)16-4-2/h5,7-8H,3-4,6,9H2,1-2H3,(H,14,15). The smallest absolute Gasteiger partial charge is 0.220 e. The Morgan fingerprint density at radius 2 is 2.31 bits per heavy atom. The van der Waals surface area contributed by atoms with Gasteiger partial charge in [-0.15, -0.1) is 0 Å². The number of rotatable bonds is 6. The van der Waals surface area contributed by atoms with Crippen molar-refractivity contribution in [3.63, 3.8) is 0 Å². The Labute approximate surface area is 96.0 Å². The van der Waals surface area contributed by atoms with Crippen LogP contribution in [0.5, 0.6) is 5.88 Å². The molecule has 0 fully saturated rings. The molecule has 4 nitrogen and oxygen atoms in total. The molecule has 1 aromatic heterocycles. The van der Waals surface area contributed by atoms with Crippen molar-refractivity contribution in [2.75, 3.05) is 6.61 Å². The summed E-state index contributed by atoms with van der Waals surface area (Å²) in [4.78, 5) is 15.4. The van der Waals surface area contributed by atoms with Gasteiger partial charge >= 0.3 is 0 Å². The van der Waals surface area contributed by atoms with Gasteiger partial charge in [0.15, 0.2) is 0 Å². The van der Waals surface area contributed by atoms with Crippen molar-refractivity contribution in [2.24, 2.45) is 0 Å². The van der Waals surface area contributed by atoms with Gasteiger partial charge < -0.3 is 10.1 Å². The molecule has 0 unspecified atom stereocenters. The molecule has 0 aliphatic rings. The zero-order chi connectivity index (χ0) is 11.8. The maximum Gasteiger partial charge on any atom is 0.220 e. The van der Waals surface area contributed by atoms with Crippen LogP contribution in [0, 0.1) is 0 Å². The lowest BCUT2D eigenvalue weighted by atomic mass is 10.2. The molecule has 1 rings (SSSR count). The van der Waals surface area contributed by atoms with Crippen molar-refractivity contribution >= 4 is 5.91 Å². The zero-order valence-corrected chi connectivity index (χ0v) is 9.82. The Bertz CT molecular complexity index is 340. The van der Waals surface area contributed by atoms with Gasteiger partial charge in [0.25, 0.3) is 0 Å². The fourth-order valence-electron chi connectivity index (χ4n) is 1.33. The molecular formula is C12H18N2O2. The average molecular weight is 222 g/mol. The first-order chi connectivity index (χ1) is 7.77. The second-order valence-corrected chi connectivity index (χ2v) is 3.43. The minimum Gasteiger partial charge on any atom is -0.478 e. The third-order valence-corrected chi connectivity index (χ3v) is 2.08. The van der Waals surface area contributed by atoms with Gasteiger partial charge in [0.05, 0.1) is 6.61 Å². The molecule has 0 aliphatic heterocycles. The van der Waals surface area contributed by atoms with Crippen LogP contribution in [-0.4, -0.2) is 17.5 Å². The first kappa shape index (κ1) is 12.5. The molecule has 1 N–H and O–H groups in total. The predicted molar refractivity (Wildman–Crippen MR) is 62.2 cm³/mol. The van der Waals surface area contributed by atoms with E-state index < -0.39 is 0 Å². The molecule has 0 saturated heterocycles. The summed E-state index contributed by atoms with van der Waals surface area (Å²) in [7, 11) is 0. The van der Waals surface area contributed by atoms with Gasteiger partial charge in [-0.1, -0.05) is 13.0 Å². The lowest BCUT2D eigenvalue weighted by molar-refractivity contribution is -0.121. The first-order valence-corrected chi connectivity index (χ1v) is 5.61. The number of nitrogens with one attached hydrogen (secondary N) is 1. The highest BCUT2D eigenvalue weighted by Gasteiger charge is 2.05. The van der Waals surface area contributed by atoms with Crippen molar-refractivity contribution in [2.45, 2.75) is 33.2 Å². The van der Waals surface area contributed by atoms with E-state index in [9.17, 15) is 4.79 Å². The molecular weight excluding hydrogens is 204 g/mol. The number of pyridine rings is 1. The van der Waals surface area contributed by atoms with Crippen LogP contribution in [0.25, 0.3) is 0 Å². The molecule has 1 aromatic rings.